The molecule has 0 aliphatic carbocycles. The normalized spacial score (nSPS) is 10.8. The van der Waals surface area contributed by atoms with Gasteiger partial charge >= 0.3 is 0 Å². The van der Waals surface area contributed by atoms with Gasteiger partial charge < -0.3 is 14.2 Å². The third-order valence-electron chi connectivity index (χ3n) is 4.24. The number of carbonyl (C=O) groups is 1. The van der Waals surface area contributed by atoms with Gasteiger partial charge in [0.05, 0.1) is 32.7 Å². The molecule has 0 bridgehead atoms. The van der Waals surface area contributed by atoms with Crippen molar-refractivity contribution in [3.63, 3.8) is 0 Å². The van der Waals surface area contributed by atoms with Crippen LogP contribution in [0.15, 0.2) is 53.6 Å². The van der Waals surface area contributed by atoms with Crippen LogP contribution in [0.1, 0.15) is 29.4 Å². The minimum atomic E-state index is -0.408. The second-order valence-electron chi connectivity index (χ2n) is 6.35. The molecule has 8 nitrogen and oxygen atoms in total. The first-order valence-corrected chi connectivity index (χ1v) is 9.48. The number of ether oxygens (including phenoxy) is 3. The van der Waals surface area contributed by atoms with Crippen LogP contribution < -0.4 is 19.6 Å². The highest BCUT2D eigenvalue weighted by Gasteiger charge is 2.14. The number of aromatic nitrogens is 2. The molecule has 0 unspecified atom stereocenters. The Morgan fingerprint density at radius 3 is 2.57 bits per heavy atom. The smallest absolute Gasteiger partial charge is 0.289 e. The predicted molar refractivity (Wildman–Crippen MR) is 114 cm³/mol. The van der Waals surface area contributed by atoms with E-state index >= 15 is 0 Å². The van der Waals surface area contributed by atoms with Gasteiger partial charge in [0, 0.05) is 5.56 Å². The molecule has 2 N–H and O–H groups in total. The fourth-order valence-corrected chi connectivity index (χ4v) is 2.69. The molecule has 0 saturated heterocycles. The van der Waals surface area contributed by atoms with Gasteiger partial charge in [0.2, 0.25) is 0 Å². The summed E-state index contributed by atoms with van der Waals surface area (Å²) in [5.74, 6) is 1.68. The number of hydrazone groups is 1. The molecule has 0 atom stereocenters. The predicted octanol–water partition coefficient (Wildman–Crippen LogP) is 3.65. The largest absolute Gasteiger partial charge is 0.497 e. The van der Waals surface area contributed by atoms with Gasteiger partial charge in [0.25, 0.3) is 5.91 Å². The average Bonchev–Trinajstić information content (AvgIpc) is 3.28. The highest BCUT2D eigenvalue weighted by Crippen LogP contribution is 2.32. The number of nitrogens with one attached hydrogen (secondary N) is 2. The van der Waals surface area contributed by atoms with Crippen molar-refractivity contribution < 1.29 is 19.0 Å². The Morgan fingerprint density at radius 2 is 1.87 bits per heavy atom. The number of benzene rings is 2. The van der Waals surface area contributed by atoms with E-state index in [1.165, 1.54) is 0 Å². The van der Waals surface area contributed by atoms with Crippen LogP contribution in [0.25, 0.3) is 11.3 Å². The van der Waals surface area contributed by atoms with Crippen molar-refractivity contribution in [1.82, 2.24) is 15.6 Å². The zero-order valence-corrected chi connectivity index (χ0v) is 17.1. The zero-order chi connectivity index (χ0) is 21.3. The number of carbonyl (C=O) groups excluding carboxylic acids is 1. The summed E-state index contributed by atoms with van der Waals surface area (Å²) in [6, 6.07) is 14.5. The lowest BCUT2D eigenvalue weighted by Crippen LogP contribution is -2.17. The molecular formula is C22H24N4O4. The lowest BCUT2D eigenvalue weighted by Gasteiger charge is -2.08. The molecule has 0 radical (unpaired) electrons. The topological polar surface area (TPSA) is 97.8 Å². The first-order valence-electron chi connectivity index (χ1n) is 9.48. The summed E-state index contributed by atoms with van der Waals surface area (Å²) in [6.45, 7) is 2.73. The van der Waals surface area contributed by atoms with Crippen molar-refractivity contribution in [2.45, 2.75) is 13.3 Å². The number of methoxy groups -OCH3 is 2. The van der Waals surface area contributed by atoms with E-state index in [2.05, 4.69) is 27.6 Å². The Hall–Kier alpha value is -3.81. The highest BCUT2D eigenvalue weighted by molar-refractivity contribution is 5.94. The maximum absolute atomic E-state index is 12.4. The molecule has 30 heavy (non-hydrogen) atoms. The highest BCUT2D eigenvalue weighted by atomic mass is 16.5. The Bertz CT molecular complexity index is 1010. The summed E-state index contributed by atoms with van der Waals surface area (Å²) >= 11 is 0. The number of rotatable bonds is 9. The van der Waals surface area contributed by atoms with Crippen molar-refractivity contribution in [3.8, 4) is 28.5 Å². The molecule has 0 spiro atoms. The Morgan fingerprint density at radius 1 is 1.10 bits per heavy atom. The van der Waals surface area contributed by atoms with E-state index in [1.807, 2.05) is 24.3 Å². The van der Waals surface area contributed by atoms with Gasteiger partial charge in [-0.1, -0.05) is 6.92 Å². The summed E-state index contributed by atoms with van der Waals surface area (Å²) in [5, 5.41) is 10.9. The molecular weight excluding hydrogens is 384 g/mol. The molecule has 156 valence electrons. The van der Waals surface area contributed by atoms with E-state index in [0.29, 0.717) is 29.4 Å². The van der Waals surface area contributed by atoms with Crippen molar-refractivity contribution in [2.24, 2.45) is 5.10 Å². The standard InChI is InChI=1S/C22H24N4O4/c1-4-11-30-16-7-5-15(6-8-16)14-23-26-22(27)20-13-19(24-25-20)18-12-17(28-2)9-10-21(18)29-3/h5-10,12-14H,4,11H2,1-3H3,(H,24,25)(H,26,27). The van der Waals surface area contributed by atoms with Crippen molar-refractivity contribution >= 4 is 12.1 Å². The minimum Gasteiger partial charge on any atom is -0.497 e. The van der Waals surface area contributed by atoms with Crippen LogP contribution in [-0.2, 0) is 0 Å². The molecule has 1 amide bonds. The van der Waals surface area contributed by atoms with Gasteiger partial charge in [-0.05, 0) is 60.5 Å². The lowest BCUT2D eigenvalue weighted by atomic mass is 10.1. The molecule has 0 aliphatic rings. The first kappa shape index (κ1) is 20.9. The molecule has 1 heterocycles. The molecule has 1 aromatic heterocycles. The molecule has 0 fully saturated rings. The van der Waals surface area contributed by atoms with E-state index in [1.54, 1.807) is 44.7 Å². The number of nitrogens with zero attached hydrogens (tertiary/aromatic N) is 2. The van der Waals surface area contributed by atoms with Gasteiger partial charge in [-0.15, -0.1) is 0 Å². The first-order chi connectivity index (χ1) is 14.6. The van der Waals surface area contributed by atoms with Crippen molar-refractivity contribution in [2.75, 3.05) is 20.8 Å². The van der Waals surface area contributed by atoms with Crippen molar-refractivity contribution in [1.29, 1.82) is 0 Å². The summed E-state index contributed by atoms with van der Waals surface area (Å²) in [4.78, 5) is 12.4. The monoisotopic (exact) mass is 408 g/mol. The maximum atomic E-state index is 12.4. The molecule has 8 heteroatoms. The van der Waals surface area contributed by atoms with Crippen LogP contribution in [0.4, 0.5) is 0 Å². The third kappa shape index (κ3) is 5.16. The summed E-state index contributed by atoms with van der Waals surface area (Å²) in [7, 11) is 3.15. The number of aromatic amines is 1. The Labute approximate surface area is 174 Å². The van der Waals surface area contributed by atoms with E-state index in [9.17, 15) is 4.79 Å². The Balaban J connectivity index is 1.65. The van der Waals surface area contributed by atoms with Gasteiger partial charge in [-0.3, -0.25) is 9.89 Å². The quantitative estimate of drug-likeness (QED) is 0.416. The summed E-state index contributed by atoms with van der Waals surface area (Å²) in [6.07, 6.45) is 2.51. The van der Waals surface area contributed by atoms with E-state index < -0.39 is 5.91 Å². The van der Waals surface area contributed by atoms with Gasteiger partial charge in [-0.2, -0.15) is 10.2 Å². The van der Waals surface area contributed by atoms with E-state index in [0.717, 1.165) is 17.7 Å². The van der Waals surface area contributed by atoms with Gasteiger partial charge in [0.1, 0.15) is 22.9 Å². The summed E-state index contributed by atoms with van der Waals surface area (Å²) in [5.41, 5.74) is 4.86. The van der Waals surface area contributed by atoms with Crippen molar-refractivity contribution in [3.05, 3.63) is 59.8 Å². The second kappa shape index (κ2) is 10.1. The second-order valence-corrected chi connectivity index (χ2v) is 6.35. The van der Waals surface area contributed by atoms with Crippen LogP contribution in [0.2, 0.25) is 0 Å². The van der Waals surface area contributed by atoms with Crippen LogP contribution in [-0.4, -0.2) is 43.1 Å². The SMILES string of the molecule is CCCOc1ccc(C=NNC(=O)c2cc(-c3cc(OC)ccc3OC)n[nH]2)cc1. The van der Waals surface area contributed by atoms with Crippen LogP contribution in [0, 0.1) is 0 Å². The molecule has 2 aromatic carbocycles. The van der Waals surface area contributed by atoms with Gasteiger partial charge in [0.15, 0.2) is 0 Å². The maximum Gasteiger partial charge on any atom is 0.289 e. The zero-order valence-electron chi connectivity index (χ0n) is 17.1. The molecule has 0 saturated carbocycles. The number of hydrogen-bond donors (Lipinski definition) is 2. The fourth-order valence-electron chi connectivity index (χ4n) is 2.69. The molecule has 3 aromatic rings. The summed E-state index contributed by atoms with van der Waals surface area (Å²) < 4.78 is 16.2. The number of hydrogen-bond acceptors (Lipinski definition) is 6. The number of amides is 1. The third-order valence-corrected chi connectivity index (χ3v) is 4.24. The van der Waals surface area contributed by atoms with Crippen LogP contribution in [0.3, 0.4) is 0 Å². The van der Waals surface area contributed by atoms with Gasteiger partial charge in [-0.25, -0.2) is 5.43 Å². The van der Waals surface area contributed by atoms with E-state index in [-0.39, 0.29) is 5.69 Å². The number of H-pyrrole nitrogens is 1. The van der Waals surface area contributed by atoms with Crippen LogP contribution in [0.5, 0.6) is 17.2 Å². The minimum absolute atomic E-state index is 0.273. The van der Waals surface area contributed by atoms with E-state index in [4.69, 9.17) is 14.2 Å². The fraction of sp³-hybridized carbons (Fsp3) is 0.227. The molecule has 3 rings (SSSR count). The average molecular weight is 408 g/mol. The molecule has 0 aliphatic heterocycles. The Kier molecular flexibility index (Phi) is 7.05. The van der Waals surface area contributed by atoms with Crippen LogP contribution >= 0.6 is 0 Å². The lowest BCUT2D eigenvalue weighted by molar-refractivity contribution is 0.0950.